The van der Waals surface area contributed by atoms with Crippen LogP contribution in [0.2, 0.25) is 0 Å². The van der Waals surface area contributed by atoms with Crippen LogP contribution in [0.25, 0.3) is 11.6 Å². The Bertz CT molecular complexity index is 978. The second kappa shape index (κ2) is 5.52. The molecule has 0 radical (unpaired) electrons. The summed E-state index contributed by atoms with van der Waals surface area (Å²) in [5.74, 6) is 0.389. The molecule has 0 aliphatic rings. The number of hydrogen-bond donors (Lipinski definition) is 0. The van der Waals surface area contributed by atoms with E-state index in [9.17, 15) is 14.4 Å². The largest absolute Gasteiger partial charge is 0.461 e. The lowest BCUT2D eigenvalue weighted by atomic mass is 10.2. The quantitative estimate of drug-likeness (QED) is 0.642. The number of hydrogen-bond acceptors (Lipinski definition) is 7. The van der Waals surface area contributed by atoms with E-state index < -0.39 is 17.0 Å². The van der Waals surface area contributed by atoms with Crippen LogP contribution in [0.3, 0.4) is 0 Å². The van der Waals surface area contributed by atoms with E-state index in [1.54, 1.807) is 12.1 Å². The van der Waals surface area contributed by atoms with Crippen molar-refractivity contribution in [2.24, 2.45) is 7.05 Å². The number of ketones is 1. The highest BCUT2D eigenvalue weighted by Gasteiger charge is 2.16. The molecule has 9 heteroatoms. The van der Waals surface area contributed by atoms with Gasteiger partial charge >= 0.3 is 5.69 Å². The number of aromatic nitrogens is 4. The van der Waals surface area contributed by atoms with Gasteiger partial charge in [0.1, 0.15) is 6.54 Å². The molecule has 0 amide bonds. The topological polar surface area (TPSA) is 113 Å². The summed E-state index contributed by atoms with van der Waals surface area (Å²) in [4.78, 5) is 39.6. The molecule has 0 bridgehead atoms. The van der Waals surface area contributed by atoms with Crippen LogP contribution in [-0.4, -0.2) is 25.1 Å². The number of Topliss-reactive ketones (excluding diaryl/α,β-unsaturated/α-hetero) is 1. The average molecular weight is 316 g/mol. The minimum Gasteiger partial charge on any atom is -0.461 e. The van der Waals surface area contributed by atoms with Crippen LogP contribution in [-0.2, 0) is 13.6 Å². The molecule has 0 atom stereocenters. The first kappa shape index (κ1) is 14.7. The Morgan fingerprint density at radius 2 is 2.13 bits per heavy atom. The third kappa shape index (κ3) is 2.63. The van der Waals surface area contributed by atoms with Crippen molar-refractivity contribution in [3.8, 4) is 11.6 Å². The van der Waals surface area contributed by atoms with Gasteiger partial charge in [0.25, 0.3) is 5.56 Å². The molecular formula is C14H12N4O5. The Labute approximate surface area is 128 Å². The summed E-state index contributed by atoms with van der Waals surface area (Å²) in [6.07, 6.45) is 2.67. The molecule has 0 saturated carbocycles. The van der Waals surface area contributed by atoms with Crippen molar-refractivity contribution >= 4 is 5.78 Å². The van der Waals surface area contributed by atoms with E-state index in [0.717, 1.165) is 9.13 Å². The van der Waals surface area contributed by atoms with Crippen LogP contribution < -0.4 is 11.2 Å². The lowest BCUT2D eigenvalue weighted by Crippen LogP contribution is -2.40. The molecule has 23 heavy (non-hydrogen) atoms. The van der Waals surface area contributed by atoms with Crippen LogP contribution in [0.5, 0.6) is 0 Å². The summed E-state index contributed by atoms with van der Waals surface area (Å²) in [5.41, 5.74) is -1.31. The summed E-state index contributed by atoms with van der Waals surface area (Å²) >= 11 is 0. The Kier molecular flexibility index (Phi) is 3.53. The van der Waals surface area contributed by atoms with Crippen molar-refractivity contribution in [1.82, 2.24) is 19.3 Å². The molecule has 0 spiro atoms. The Morgan fingerprint density at radius 3 is 2.78 bits per heavy atom. The fraction of sp³-hybridized carbons (Fsp3) is 0.214. The van der Waals surface area contributed by atoms with E-state index >= 15 is 0 Å². The molecule has 0 saturated heterocycles. The fourth-order valence-electron chi connectivity index (χ4n) is 2.05. The van der Waals surface area contributed by atoms with E-state index in [1.807, 2.05) is 0 Å². The van der Waals surface area contributed by atoms with E-state index in [2.05, 4.69) is 10.1 Å². The summed E-state index contributed by atoms with van der Waals surface area (Å²) in [6.45, 7) is 1.19. The monoisotopic (exact) mass is 316 g/mol. The van der Waals surface area contributed by atoms with E-state index in [4.69, 9.17) is 8.94 Å². The van der Waals surface area contributed by atoms with Crippen molar-refractivity contribution in [3.05, 3.63) is 56.9 Å². The molecule has 0 fully saturated rings. The van der Waals surface area contributed by atoms with Gasteiger partial charge in [-0.3, -0.25) is 18.7 Å². The zero-order valence-corrected chi connectivity index (χ0v) is 12.3. The van der Waals surface area contributed by atoms with Gasteiger partial charge in [-0.15, -0.1) is 0 Å². The predicted molar refractivity (Wildman–Crippen MR) is 77.0 cm³/mol. The molecule has 9 nitrogen and oxygen atoms in total. The maximum atomic E-state index is 12.1. The standard InChI is InChI=1S/C14H12N4O5/c1-8(19)9-6-18(14(21)17(2)13(9)20)7-11-15-12(16-23-11)10-4-3-5-22-10/h3-6H,7H2,1-2H3. The Morgan fingerprint density at radius 1 is 1.35 bits per heavy atom. The minimum absolute atomic E-state index is 0.0685. The van der Waals surface area contributed by atoms with Crippen molar-refractivity contribution in [2.45, 2.75) is 13.5 Å². The van der Waals surface area contributed by atoms with Gasteiger partial charge in [0.05, 0.1) is 11.8 Å². The lowest BCUT2D eigenvalue weighted by Gasteiger charge is -2.06. The molecule has 0 aliphatic heterocycles. The van der Waals surface area contributed by atoms with E-state index in [1.165, 1.54) is 26.4 Å². The van der Waals surface area contributed by atoms with Crippen LogP contribution >= 0.6 is 0 Å². The number of rotatable bonds is 4. The van der Waals surface area contributed by atoms with Gasteiger partial charge < -0.3 is 8.94 Å². The first-order chi connectivity index (χ1) is 11.0. The first-order valence-electron chi connectivity index (χ1n) is 6.65. The second-order valence-corrected chi connectivity index (χ2v) is 4.86. The van der Waals surface area contributed by atoms with Gasteiger partial charge in [-0.2, -0.15) is 4.98 Å². The molecule has 3 aromatic heterocycles. The van der Waals surface area contributed by atoms with Gasteiger partial charge in [-0.05, 0) is 19.1 Å². The van der Waals surface area contributed by atoms with Gasteiger partial charge in [0.2, 0.25) is 11.7 Å². The molecular weight excluding hydrogens is 304 g/mol. The van der Waals surface area contributed by atoms with Crippen LogP contribution in [0.1, 0.15) is 23.2 Å². The summed E-state index contributed by atoms with van der Waals surface area (Å²) in [7, 11) is 1.30. The molecule has 0 N–H and O–H groups in total. The lowest BCUT2D eigenvalue weighted by molar-refractivity contribution is 0.101. The molecule has 3 heterocycles. The minimum atomic E-state index is -0.638. The Hall–Kier alpha value is -3.23. The molecule has 3 aromatic rings. The molecule has 0 unspecified atom stereocenters. The van der Waals surface area contributed by atoms with Crippen molar-refractivity contribution in [1.29, 1.82) is 0 Å². The molecule has 0 aromatic carbocycles. The summed E-state index contributed by atoms with van der Waals surface area (Å²) in [6, 6.07) is 3.35. The molecule has 3 rings (SSSR count). The van der Waals surface area contributed by atoms with Crippen molar-refractivity contribution < 1.29 is 13.7 Å². The smallest absolute Gasteiger partial charge is 0.331 e. The summed E-state index contributed by atoms with van der Waals surface area (Å²) in [5, 5.41) is 3.75. The third-order valence-corrected chi connectivity index (χ3v) is 3.25. The fourth-order valence-corrected chi connectivity index (χ4v) is 2.05. The predicted octanol–water partition coefficient (Wildman–Crippen LogP) is 0.441. The van der Waals surface area contributed by atoms with Gasteiger partial charge in [-0.1, -0.05) is 5.16 Å². The average Bonchev–Trinajstić information content (AvgIpc) is 3.18. The highest BCUT2D eigenvalue weighted by Crippen LogP contribution is 2.15. The zero-order valence-electron chi connectivity index (χ0n) is 12.3. The number of furan rings is 1. The molecule has 0 aliphatic carbocycles. The van der Waals surface area contributed by atoms with E-state index in [0.29, 0.717) is 5.76 Å². The number of nitrogens with zero attached hydrogens (tertiary/aromatic N) is 4. The third-order valence-electron chi connectivity index (χ3n) is 3.25. The summed E-state index contributed by atoms with van der Waals surface area (Å²) < 4.78 is 12.2. The van der Waals surface area contributed by atoms with E-state index in [-0.39, 0.29) is 23.8 Å². The Balaban J connectivity index is 1.99. The maximum Gasteiger partial charge on any atom is 0.331 e. The maximum absolute atomic E-state index is 12.1. The number of carbonyl (C=O) groups excluding carboxylic acids is 1. The van der Waals surface area contributed by atoms with Crippen molar-refractivity contribution in [3.63, 3.8) is 0 Å². The normalized spacial score (nSPS) is 10.9. The highest BCUT2D eigenvalue weighted by molar-refractivity contribution is 5.93. The van der Waals surface area contributed by atoms with Gasteiger partial charge in [0.15, 0.2) is 11.5 Å². The van der Waals surface area contributed by atoms with Crippen LogP contribution in [0, 0.1) is 0 Å². The van der Waals surface area contributed by atoms with Gasteiger partial charge in [-0.25, -0.2) is 4.79 Å². The van der Waals surface area contributed by atoms with Gasteiger partial charge in [0, 0.05) is 13.2 Å². The number of carbonyl (C=O) groups is 1. The second-order valence-electron chi connectivity index (χ2n) is 4.86. The first-order valence-corrected chi connectivity index (χ1v) is 6.65. The SMILES string of the molecule is CC(=O)c1cn(Cc2nc(-c3ccco3)no2)c(=O)n(C)c1=O. The van der Waals surface area contributed by atoms with Crippen LogP contribution in [0.15, 0.2) is 43.1 Å². The highest BCUT2D eigenvalue weighted by atomic mass is 16.5. The van der Waals surface area contributed by atoms with Crippen LogP contribution in [0.4, 0.5) is 0 Å². The van der Waals surface area contributed by atoms with Crippen molar-refractivity contribution in [2.75, 3.05) is 0 Å². The zero-order chi connectivity index (χ0) is 16.6. The molecule has 118 valence electrons.